The van der Waals surface area contributed by atoms with Gasteiger partial charge in [-0.1, -0.05) is 6.07 Å². The summed E-state index contributed by atoms with van der Waals surface area (Å²) in [6.45, 7) is 3.06. The van der Waals surface area contributed by atoms with Crippen LogP contribution >= 0.6 is 11.3 Å². The molecule has 1 aromatic heterocycles. The van der Waals surface area contributed by atoms with Crippen LogP contribution < -0.4 is 10.6 Å². The second-order valence-corrected chi connectivity index (χ2v) is 7.10. The molecule has 2 heterocycles. The number of benzene rings is 1. The molecule has 2 N–H and O–H groups in total. The molecule has 1 aliphatic rings. The summed E-state index contributed by atoms with van der Waals surface area (Å²) < 4.78 is 0. The number of thiophene rings is 1. The quantitative estimate of drug-likeness (QED) is 0.802. The zero-order valence-electron chi connectivity index (χ0n) is 14.1. The summed E-state index contributed by atoms with van der Waals surface area (Å²) in [7, 11) is 0. The predicted octanol–water partition coefficient (Wildman–Crippen LogP) is 2.98. The molecule has 0 saturated carbocycles. The minimum atomic E-state index is -0.0230. The number of carbonyl (C=O) groups excluding carboxylic acids is 1. The maximum Gasteiger partial charge on any atom is 0.239 e. The average molecular weight is 354 g/mol. The number of hydrogen-bond acceptors (Lipinski definition) is 5. The van der Waals surface area contributed by atoms with Crippen LogP contribution in [0.1, 0.15) is 29.3 Å². The van der Waals surface area contributed by atoms with Gasteiger partial charge in [0.05, 0.1) is 24.2 Å². The molecule has 130 valence electrons. The molecule has 1 unspecified atom stereocenters. The van der Waals surface area contributed by atoms with Crippen LogP contribution in [0.5, 0.6) is 0 Å². The van der Waals surface area contributed by atoms with Crippen molar-refractivity contribution in [3.05, 3.63) is 52.2 Å². The van der Waals surface area contributed by atoms with Gasteiger partial charge < -0.3 is 10.6 Å². The summed E-state index contributed by atoms with van der Waals surface area (Å²) in [5.41, 5.74) is 1.45. The van der Waals surface area contributed by atoms with Crippen LogP contribution in [0.3, 0.4) is 0 Å². The van der Waals surface area contributed by atoms with Crippen molar-refractivity contribution >= 4 is 22.9 Å². The van der Waals surface area contributed by atoms with E-state index in [0.717, 1.165) is 18.8 Å². The molecule has 0 spiro atoms. The van der Waals surface area contributed by atoms with Crippen molar-refractivity contribution in [1.29, 1.82) is 5.26 Å². The molecule has 1 atom stereocenters. The van der Waals surface area contributed by atoms with Crippen LogP contribution in [-0.4, -0.2) is 37.0 Å². The lowest BCUT2D eigenvalue weighted by Crippen LogP contribution is -2.38. The summed E-state index contributed by atoms with van der Waals surface area (Å²) in [6.07, 6.45) is 2.46. The number of hydrogen-bond donors (Lipinski definition) is 2. The predicted molar refractivity (Wildman–Crippen MR) is 101 cm³/mol. The Morgan fingerprint density at radius 1 is 1.24 bits per heavy atom. The van der Waals surface area contributed by atoms with Gasteiger partial charge in [-0.25, -0.2) is 0 Å². The number of anilines is 1. The van der Waals surface area contributed by atoms with Crippen LogP contribution in [-0.2, 0) is 4.79 Å². The summed E-state index contributed by atoms with van der Waals surface area (Å²) in [5, 5.41) is 17.0. The molecular formula is C19H22N4OS. The van der Waals surface area contributed by atoms with Gasteiger partial charge in [-0.05, 0) is 61.6 Å². The van der Waals surface area contributed by atoms with Crippen molar-refractivity contribution in [2.24, 2.45) is 0 Å². The normalized spacial score (nSPS) is 15.5. The second-order valence-electron chi connectivity index (χ2n) is 6.12. The molecule has 0 aliphatic carbocycles. The zero-order chi connectivity index (χ0) is 17.5. The number of nitrogens with zero attached hydrogens (tertiary/aromatic N) is 2. The molecule has 3 rings (SSSR count). The first-order valence-electron chi connectivity index (χ1n) is 8.54. The SMILES string of the molecule is N#Cc1ccc(NCC(=O)NCC(c2cccs2)N2CCCC2)cc1. The van der Waals surface area contributed by atoms with Crippen LogP contribution in [0.25, 0.3) is 0 Å². The fourth-order valence-corrected chi connectivity index (χ4v) is 3.92. The zero-order valence-corrected chi connectivity index (χ0v) is 14.9. The molecule has 1 aliphatic heterocycles. The average Bonchev–Trinajstić information content (AvgIpc) is 3.35. The summed E-state index contributed by atoms with van der Waals surface area (Å²) >= 11 is 1.75. The van der Waals surface area contributed by atoms with E-state index in [1.165, 1.54) is 17.7 Å². The first-order valence-corrected chi connectivity index (χ1v) is 9.42. The van der Waals surface area contributed by atoms with E-state index in [1.54, 1.807) is 23.5 Å². The molecule has 0 bridgehead atoms. The Balaban J connectivity index is 1.50. The van der Waals surface area contributed by atoms with Crippen LogP contribution in [0.15, 0.2) is 41.8 Å². The Bertz CT molecular complexity index is 715. The summed E-state index contributed by atoms with van der Waals surface area (Å²) in [6, 6.07) is 13.7. The highest BCUT2D eigenvalue weighted by molar-refractivity contribution is 7.10. The first kappa shape index (κ1) is 17.5. The molecule has 1 saturated heterocycles. The molecule has 0 radical (unpaired) electrons. The lowest BCUT2D eigenvalue weighted by molar-refractivity contribution is -0.119. The van der Waals surface area contributed by atoms with Gasteiger partial charge in [0.25, 0.3) is 0 Å². The number of rotatable bonds is 7. The Hall–Kier alpha value is -2.36. The molecular weight excluding hydrogens is 332 g/mol. The monoisotopic (exact) mass is 354 g/mol. The number of amides is 1. The fourth-order valence-electron chi connectivity index (χ4n) is 3.06. The Morgan fingerprint density at radius 2 is 2.00 bits per heavy atom. The van der Waals surface area contributed by atoms with E-state index in [0.29, 0.717) is 12.1 Å². The lowest BCUT2D eigenvalue weighted by atomic mass is 10.2. The van der Waals surface area contributed by atoms with Gasteiger partial charge in [0.1, 0.15) is 0 Å². The third kappa shape index (κ3) is 4.81. The van der Waals surface area contributed by atoms with E-state index >= 15 is 0 Å². The van der Waals surface area contributed by atoms with Crippen molar-refractivity contribution in [2.75, 3.05) is 31.5 Å². The van der Waals surface area contributed by atoms with Crippen molar-refractivity contribution in [2.45, 2.75) is 18.9 Å². The Labute approximate surface area is 152 Å². The van der Waals surface area contributed by atoms with Crippen molar-refractivity contribution in [3.63, 3.8) is 0 Å². The van der Waals surface area contributed by atoms with Crippen LogP contribution in [0.2, 0.25) is 0 Å². The van der Waals surface area contributed by atoms with E-state index in [2.05, 4.69) is 39.1 Å². The second kappa shape index (κ2) is 8.65. The van der Waals surface area contributed by atoms with Crippen molar-refractivity contribution in [1.82, 2.24) is 10.2 Å². The Morgan fingerprint density at radius 3 is 2.64 bits per heavy atom. The molecule has 1 aromatic carbocycles. The van der Waals surface area contributed by atoms with Crippen molar-refractivity contribution < 1.29 is 4.79 Å². The molecule has 1 amide bonds. The van der Waals surface area contributed by atoms with E-state index in [9.17, 15) is 4.79 Å². The highest BCUT2D eigenvalue weighted by Gasteiger charge is 2.24. The molecule has 6 heteroatoms. The number of likely N-dealkylation sites (tertiary alicyclic amines) is 1. The maximum absolute atomic E-state index is 12.2. The number of carbonyl (C=O) groups is 1. The molecule has 1 fully saturated rings. The highest BCUT2D eigenvalue weighted by atomic mass is 32.1. The molecule has 2 aromatic rings. The smallest absolute Gasteiger partial charge is 0.239 e. The van der Waals surface area contributed by atoms with Crippen LogP contribution in [0, 0.1) is 11.3 Å². The van der Waals surface area contributed by atoms with Gasteiger partial charge in [-0.3, -0.25) is 9.69 Å². The number of nitriles is 1. The standard InChI is InChI=1S/C19H22N4OS/c20-12-15-5-7-16(8-6-15)21-14-19(24)22-13-17(18-4-3-11-25-18)23-9-1-2-10-23/h3-8,11,17,21H,1-2,9-10,13-14H2,(H,22,24). The highest BCUT2D eigenvalue weighted by Crippen LogP contribution is 2.27. The first-order chi connectivity index (χ1) is 12.3. The third-order valence-electron chi connectivity index (χ3n) is 4.41. The minimum Gasteiger partial charge on any atom is -0.376 e. The maximum atomic E-state index is 12.2. The topological polar surface area (TPSA) is 68.2 Å². The summed E-state index contributed by atoms with van der Waals surface area (Å²) in [4.78, 5) is 16.0. The molecule has 25 heavy (non-hydrogen) atoms. The lowest BCUT2D eigenvalue weighted by Gasteiger charge is -2.27. The van der Waals surface area contributed by atoms with Gasteiger partial charge >= 0.3 is 0 Å². The van der Waals surface area contributed by atoms with Crippen molar-refractivity contribution in [3.8, 4) is 6.07 Å². The van der Waals surface area contributed by atoms with E-state index in [-0.39, 0.29) is 18.5 Å². The molecule has 5 nitrogen and oxygen atoms in total. The van der Waals surface area contributed by atoms with Gasteiger partial charge in [0.2, 0.25) is 5.91 Å². The van der Waals surface area contributed by atoms with Crippen LogP contribution in [0.4, 0.5) is 5.69 Å². The van der Waals surface area contributed by atoms with E-state index < -0.39 is 0 Å². The van der Waals surface area contributed by atoms with Gasteiger partial charge in [0, 0.05) is 17.1 Å². The third-order valence-corrected chi connectivity index (χ3v) is 5.39. The number of nitrogens with one attached hydrogen (secondary N) is 2. The van der Waals surface area contributed by atoms with Gasteiger partial charge in [0.15, 0.2) is 0 Å². The largest absolute Gasteiger partial charge is 0.376 e. The Kier molecular flexibility index (Phi) is 6.04. The fraction of sp³-hybridized carbons (Fsp3) is 0.368. The van der Waals surface area contributed by atoms with Gasteiger partial charge in [-0.2, -0.15) is 5.26 Å². The van der Waals surface area contributed by atoms with E-state index in [1.807, 2.05) is 12.1 Å². The minimum absolute atomic E-state index is 0.0230. The van der Waals surface area contributed by atoms with Gasteiger partial charge in [-0.15, -0.1) is 11.3 Å². The summed E-state index contributed by atoms with van der Waals surface area (Å²) in [5.74, 6) is -0.0230. The van der Waals surface area contributed by atoms with E-state index in [4.69, 9.17) is 5.26 Å².